The van der Waals surface area contributed by atoms with Crippen molar-refractivity contribution >= 4 is 12.2 Å². The maximum atomic E-state index is 10.3. The van der Waals surface area contributed by atoms with E-state index in [-0.39, 0.29) is 0 Å². The van der Waals surface area contributed by atoms with Crippen LogP contribution in [0.15, 0.2) is 4.99 Å². The van der Waals surface area contributed by atoms with Gasteiger partial charge in [0.2, 0.25) is 6.41 Å². The lowest BCUT2D eigenvalue weighted by atomic mass is 10.7. The molecule has 11 heavy (non-hydrogen) atoms. The van der Waals surface area contributed by atoms with Crippen LogP contribution in [0.4, 0.5) is 4.79 Å². The van der Waals surface area contributed by atoms with E-state index in [0.29, 0.717) is 6.21 Å². The van der Waals surface area contributed by atoms with E-state index < -0.39 is 18.7 Å². The van der Waals surface area contributed by atoms with Gasteiger partial charge >= 0.3 is 6.03 Å². The predicted octanol–water partition coefficient (Wildman–Crippen LogP) is -2.65. The average molecular weight is 164 g/mol. The van der Waals surface area contributed by atoms with Crippen molar-refractivity contribution in [3.63, 3.8) is 0 Å². The normalized spacial score (nSPS) is 11.5. The summed E-state index contributed by atoms with van der Waals surface area (Å²) in [7, 11) is 0. The summed E-state index contributed by atoms with van der Waals surface area (Å²) in [4.78, 5) is 13.2. The van der Waals surface area contributed by atoms with E-state index in [2.05, 4.69) is 4.99 Å². The third-order valence-electron chi connectivity index (χ3n) is 0.578. The minimum atomic E-state index is -2.00. The zero-order valence-corrected chi connectivity index (χ0v) is 5.38. The molecule has 0 aromatic rings. The molecule has 5 N–H and O–H groups in total. The highest BCUT2D eigenvalue weighted by atomic mass is 16.5. The smallest absolute Gasteiger partial charge is 0.344 e. The monoisotopic (exact) mass is 164 g/mol. The molecular weight excluding hydrogens is 156 g/mol. The van der Waals surface area contributed by atoms with E-state index in [1.165, 1.54) is 0 Å². The van der Waals surface area contributed by atoms with Gasteiger partial charge in [-0.1, -0.05) is 0 Å². The van der Waals surface area contributed by atoms with Gasteiger partial charge in [-0.15, -0.1) is 0 Å². The number of nitrogens with one attached hydrogen (secondary N) is 1. The first-order valence-electron chi connectivity index (χ1n) is 2.59. The van der Waals surface area contributed by atoms with Crippen molar-refractivity contribution in [1.82, 2.24) is 5.32 Å². The molecule has 0 radical (unpaired) electrons. The number of hydrogen-bond acceptors (Lipinski definition) is 5. The van der Waals surface area contributed by atoms with Gasteiger partial charge in [0.15, 0.2) is 6.29 Å². The van der Waals surface area contributed by atoms with E-state index >= 15 is 0 Å². The third-order valence-corrected chi connectivity index (χ3v) is 0.578. The molecule has 0 rings (SSSR count). The van der Waals surface area contributed by atoms with Crippen LogP contribution in [0.2, 0.25) is 0 Å². The van der Waals surface area contributed by atoms with Crippen LogP contribution in [0.5, 0.6) is 0 Å². The van der Waals surface area contributed by atoms with Gasteiger partial charge in [-0.2, -0.15) is 0 Å². The minimum Gasteiger partial charge on any atom is -0.364 e. The molecule has 0 saturated carbocycles. The standard InChI is InChI=1S/C4H8N2O5/c7-2(8)1-5-3(9)6-4(10)11/h1-2,4,7-8,10-11H,(H,6,9). The summed E-state index contributed by atoms with van der Waals surface area (Å²) in [5, 5.41) is 34.0. The molecule has 0 aliphatic heterocycles. The van der Waals surface area contributed by atoms with Crippen LogP contribution in [-0.2, 0) is 0 Å². The molecular formula is C4H8N2O5. The average Bonchev–Trinajstić information content (AvgIpc) is 1.82. The lowest BCUT2D eigenvalue weighted by molar-refractivity contribution is -0.0548. The largest absolute Gasteiger partial charge is 0.364 e. The highest BCUT2D eigenvalue weighted by molar-refractivity contribution is 5.84. The molecule has 0 aliphatic carbocycles. The van der Waals surface area contributed by atoms with Gasteiger partial charge in [-0.25, -0.2) is 9.79 Å². The molecule has 7 heteroatoms. The fraction of sp³-hybridized carbons (Fsp3) is 0.500. The van der Waals surface area contributed by atoms with E-state index in [1.54, 1.807) is 5.32 Å². The van der Waals surface area contributed by atoms with Crippen LogP contribution >= 0.6 is 0 Å². The Bertz CT molecular complexity index is 155. The summed E-state index contributed by atoms with van der Waals surface area (Å²) in [5.41, 5.74) is 0. The molecule has 0 atom stereocenters. The predicted molar refractivity (Wildman–Crippen MR) is 33.5 cm³/mol. The van der Waals surface area contributed by atoms with Crippen LogP contribution in [0.25, 0.3) is 0 Å². The summed E-state index contributed by atoms with van der Waals surface area (Å²) < 4.78 is 0. The lowest BCUT2D eigenvalue weighted by Gasteiger charge is -2.01. The molecule has 0 aromatic carbocycles. The Morgan fingerprint density at radius 1 is 1.36 bits per heavy atom. The van der Waals surface area contributed by atoms with Crippen molar-refractivity contribution in [2.75, 3.05) is 0 Å². The second-order valence-electron chi connectivity index (χ2n) is 1.51. The number of aliphatic imine (C=N–C) groups is 1. The lowest BCUT2D eigenvalue weighted by Crippen LogP contribution is -2.32. The molecule has 0 fully saturated rings. The minimum absolute atomic E-state index is 0.526. The zero-order chi connectivity index (χ0) is 8.85. The quantitative estimate of drug-likeness (QED) is 0.225. The van der Waals surface area contributed by atoms with Crippen molar-refractivity contribution in [2.45, 2.75) is 12.7 Å². The topological polar surface area (TPSA) is 122 Å². The molecule has 0 bridgehead atoms. The van der Waals surface area contributed by atoms with Gasteiger partial charge in [0.05, 0.1) is 6.21 Å². The molecule has 0 heterocycles. The third kappa shape index (κ3) is 6.87. The molecule has 7 nitrogen and oxygen atoms in total. The van der Waals surface area contributed by atoms with Gasteiger partial charge in [-0.05, 0) is 0 Å². The maximum Gasteiger partial charge on any atom is 0.344 e. The number of aliphatic hydroxyl groups is 4. The highest BCUT2D eigenvalue weighted by Gasteiger charge is 2.01. The van der Waals surface area contributed by atoms with Crippen LogP contribution in [-0.4, -0.2) is 45.4 Å². The molecule has 0 spiro atoms. The fourth-order valence-electron chi connectivity index (χ4n) is 0.282. The number of carbonyl (C=O) groups excluding carboxylic acids is 1. The second kappa shape index (κ2) is 4.74. The van der Waals surface area contributed by atoms with E-state index in [0.717, 1.165) is 0 Å². The summed E-state index contributed by atoms with van der Waals surface area (Å²) >= 11 is 0. The van der Waals surface area contributed by atoms with Crippen LogP contribution in [0.1, 0.15) is 0 Å². The number of nitrogens with zero attached hydrogens (tertiary/aromatic N) is 1. The van der Waals surface area contributed by atoms with Gasteiger partial charge in [0.1, 0.15) is 0 Å². The first-order chi connectivity index (χ1) is 5.02. The summed E-state index contributed by atoms with van der Waals surface area (Å²) in [6, 6.07) is -1.08. The van der Waals surface area contributed by atoms with Crippen molar-refractivity contribution in [3.05, 3.63) is 0 Å². The number of rotatable bonds is 2. The molecule has 0 unspecified atom stereocenters. The number of carbonyl (C=O) groups is 1. The van der Waals surface area contributed by atoms with E-state index in [4.69, 9.17) is 20.4 Å². The summed E-state index contributed by atoms with van der Waals surface area (Å²) in [6.45, 7) is 0. The molecule has 2 amide bonds. The molecule has 64 valence electrons. The van der Waals surface area contributed by atoms with E-state index in [9.17, 15) is 4.79 Å². The molecule has 0 saturated heterocycles. The Hall–Kier alpha value is -1.02. The van der Waals surface area contributed by atoms with Crippen molar-refractivity contribution in [2.24, 2.45) is 4.99 Å². The molecule has 0 aliphatic rings. The van der Waals surface area contributed by atoms with Crippen molar-refractivity contribution in [3.8, 4) is 0 Å². The SMILES string of the molecule is O=C(N=CC(O)O)NC(O)O. The van der Waals surface area contributed by atoms with Gasteiger partial charge < -0.3 is 20.4 Å². The van der Waals surface area contributed by atoms with Crippen molar-refractivity contribution in [1.29, 1.82) is 0 Å². The Labute approximate surface area is 61.6 Å². The number of aliphatic hydroxyl groups excluding tert-OH is 2. The number of hydrogen-bond donors (Lipinski definition) is 5. The maximum absolute atomic E-state index is 10.3. The second-order valence-corrected chi connectivity index (χ2v) is 1.51. The van der Waals surface area contributed by atoms with Gasteiger partial charge in [-0.3, -0.25) is 5.32 Å². The van der Waals surface area contributed by atoms with E-state index in [1.807, 2.05) is 0 Å². The Morgan fingerprint density at radius 2 is 1.91 bits per heavy atom. The van der Waals surface area contributed by atoms with Gasteiger partial charge in [0, 0.05) is 0 Å². The highest BCUT2D eigenvalue weighted by Crippen LogP contribution is 1.76. The summed E-state index contributed by atoms with van der Waals surface area (Å²) in [6.07, 6.45) is -3.32. The van der Waals surface area contributed by atoms with Crippen LogP contribution in [0, 0.1) is 0 Å². The number of urea groups is 1. The Kier molecular flexibility index (Phi) is 4.30. The Morgan fingerprint density at radius 3 is 2.27 bits per heavy atom. The van der Waals surface area contributed by atoms with Gasteiger partial charge in [0.25, 0.3) is 0 Å². The van der Waals surface area contributed by atoms with Crippen LogP contribution < -0.4 is 5.32 Å². The fourth-order valence-corrected chi connectivity index (χ4v) is 0.282. The summed E-state index contributed by atoms with van der Waals surface area (Å²) in [5.74, 6) is 0. The first-order valence-corrected chi connectivity index (χ1v) is 2.59. The van der Waals surface area contributed by atoms with Crippen LogP contribution in [0.3, 0.4) is 0 Å². The number of amides is 2. The first kappa shape index (κ1) is 9.98. The van der Waals surface area contributed by atoms with Crippen molar-refractivity contribution < 1.29 is 25.2 Å². The Balaban J connectivity index is 3.69. The zero-order valence-electron chi connectivity index (χ0n) is 5.38. The molecule has 0 aromatic heterocycles.